The summed E-state index contributed by atoms with van der Waals surface area (Å²) in [6, 6.07) is 0. The molecule has 0 radical (unpaired) electrons. The van der Waals surface area contributed by atoms with E-state index in [9.17, 15) is 4.79 Å². The maximum atomic E-state index is 10.4. The second kappa shape index (κ2) is 5.24. The molecule has 1 atom stereocenters. The third kappa shape index (κ3) is 2.89. The maximum Gasteiger partial charge on any atom is 0.150 e. The van der Waals surface area contributed by atoms with Crippen LogP contribution in [0.2, 0.25) is 0 Å². The van der Waals surface area contributed by atoms with Crippen molar-refractivity contribution in [1.82, 2.24) is 4.90 Å². The molecule has 0 N–H and O–H groups in total. The lowest BCUT2D eigenvalue weighted by Gasteiger charge is -2.29. The third-order valence-corrected chi connectivity index (χ3v) is 1.94. The van der Waals surface area contributed by atoms with Gasteiger partial charge in [-0.25, -0.2) is 0 Å². The Kier molecular flexibility index (Phi) is 4.21. The van der Waals surface area contributed by atoms with E-state index in [1.807, 2.05) is 0 Å². The van der Waals surface area contributed by atoms with Crippen LogP contribution in [0.3, 0.4) is 0 Å². The molecule has 12 heavy (non-hydrogen) atoms. The minimum absolute atomic E-state index is 0.240. The van der Waals surface area contributed by atoms with Gasteiger partial charge in [0.15, 0.2) is 0 Å². The second-order valence-corrected chi connectivity index (χ2v) is 2.84. The molecule has 4 heteroatoms. The van der Waals surface area contributed by atoms with Crippen molar-refractivity contribution in [3.63, 3.8) is 0 Å². The van der Waals surface area contributed by atoms with Crippen molar-refractivity contribution in [3.8, 4) is 0 Å². The number of rotatable bonds is 4. The lowest BCUT2D eigenvalue weighted by molar-refractivity contribution is -0.123. The van der Waals surface area contributed by atoms with Gasteiger partial charge in [0.25, 0.3) is 0 Å². The van der Waals surface area contributed by atoms with Crippen LogP contribution in [-0.4, -0.2) is 57.2 Å². The first kappa shape index (κ1) is 9.64. The Labute approximate surface area is 72.4 Å². The minimum Gasteiger partial charge on any atom is -0.383 e. The molecule has 1 saturated heterocycles. The number of nitrogens with zero attached hydrogens (tertiary/aromatic N) is 1. The predicted octanol–water partition coefficient (Wildman–Crippen LogP) is -0.467. The van der Waals surface area contributed by atoms with Gasteiger partial charge in [-0.2, -0.15) is 0 Å². The van der Waals surface area contributed by atoms with Crippen LogP contribution in [0, 0.1) is 0 Å². The molecule has 0 aromatic carbocycles. The number of carbonyl (C=O) groups excluding carboxylic acids is 1. The van der Waals surface area contributed by atoms with Crippen LogP contribution in [0.1, 0.15) is 0 Å². The summed E-state index contributed by atoms with van der Waals surface area (Å²) in [4.78, 5) is 12.6. The van der Waals surface area contributed by atoms with E-state index in [4.69, 9.17) is 9.47 Å². The van der Waals surface area contributed by atoms with Gasteiger partial charge < -0.3 is 14.3 Å². The molecular formula is C8H15NO3. The topological polar surface area (TPSA) is 38.8 Å². The number of methoxy groups -OCH3 is 1. The lowest BCUT2D eigenvalue weighted by Crippen LogP contribution is -2.44. The zero-order valence-electron chi connectivity index (χ0n) is 7.36. The summed E-state index contributed by atoms with van der Waals surface area (Å²) in [5, 5.41) is 0. The first-order chi connectivity index (χ1) is 5.86. The first-order valence-electron chi connectivity index (χ1n) is 4.15. The van der Waals surface area contributed by atoms with Crippen molar-refractivity contribution in [2.45, 2.75) is 6.10 Å². The summed E-state index contributed by atoms with van der Waals surface area (Å²) in [6.45, 7) is 3.84. The fraction of sp³-hybridized carbons (Fsp3) is 0.875. The molecule has 0 amide bonds. The van der Waals surface area contributed by atoms with E-state index in [-0.39, 0.29) is 6.10 Å². The Balaban J connectivity index is 2.20. The number of hydrogen-bond acceptors (Lipinski definition) is 4. The van der Waals surface area contributed by atoms with Gasteiger partial charge in [-0.3, -0.25) is 4.90 Å². The quantitative estimate of drug-likeness (QED) is 0.539. The molecule has 1 aliphatic rings. The highest BCUT2D eigenvalue weighted by atomic mass is 16.5. The Morgan fingerprint density at radius 2 is 2.58 bits per heavy atom. The van der Waals surface area contributed by atoms with Crippen molar-refractivity contribution in [2.75, 3.05) is 40.0 Å². The summed E-state index contributed by atoms with van der Waals surface area (Å²) in [6.07, 6.45) is 0.620. The van der Waals surface area contributed by atoms with Crippen molar-refractivity contribution in [2.24, 2.45) is 0 Å². The fourth-order valence-corrected chi connectivity index (χ4v) is 1.24. The standard InChI is InChI=1S/C8H15NO3/c1-11-4-2-9-3-5-12-8(6-9)7-10/h7-8H,2-6H2,1H3/t8-/m0/s1. The largest absolute Gasteiger partial charge is 0.383 e. The van der Waals surface area contributed by atoms with Crippen LogP contribution >= 0.6 is 0 Å². The van der Waals surface area contributed by atoms with E-state index >= 15 is 0 Å². The van der Waals surface area contributed by atoms with E-state index in [1.165, 1.54) is 0 Å². The highest BCUT2D eigenvalue weighted by Crippen LogP contribution is 2.01. The summed E-state index contributed by atoms with van der Waals surface area (Å²) < 4.78 is 10.1. The molecular weight excluding hydrogens is 158 g/mol. The van der Waals surface area contributed by atoms with E-state index in [0.717, 1.165) is 19.4 Å². The molecule has 0 spiro atoms. The van der Waals surface area contributed by atoms with Gasteiger partial charge in [0, 0.05) is 26.7 Å². The van der Waals surface area contributed by atoms with E-state index < -0.39 is 0 Å². The molecule has 0 saturated carbocycles. The number of carbonyl (C=O) groups is 1. The average molecular weight is 173 g/mol. The molecule has 1 aliphatic heterocycles. The van der Waals surface area contributed by atoms with Gasteiger partial charge in [0.2, 0.25) is 0 Å². The molecule has 0 bridgehead atoms. The van der Waals surface area contributed by atoms with Crippen molar-refractivity contribution < 1.29 is 14.3 Å². The molecule has 0 aromatic rings. The van der Waals surface area contributed by atoms with Crippen LogP contribution < -0.4 is 0 Å². The highest BCUT2D eigenvalue weighted by molar-refractivity contribution is 5.56. The summed E-state index contributed by atoms with van der Waals surface area (Å²) >= 11 is 0. The fourth-order valence-electron chi connectivity index (χ4n) is 1.24. The highest BCUT2D eigenvalue weighted by Gasteiger charge is 2.18. The summed E-state index contributed by atoms with van der Waals surface area (Å²) in [5.74, 6) is 0. The van der Waals surface area contributed by atoms with E-state index in [1.54, 1.807) is 7.11 Å². The summed E-state index contributed by atoms with van der Waals surface area (Å²) in [7, 11) is 1.68. The minimum atomic E-state index is -0.240. The predicted molar refractivity (Wildman–Crippen MR) is 44.1 cm³/mol. The molecule has 1 fully saturated rings. The van der Waals surface area contributed by atoms with Gasteiger partial charge >= 0.3 is 0 Å². The van der Waals surface area contributed by atoms with Crippen molar-refractivity contribution in [3.05, 3.63) is 0 Å². The lowest BCUT2D eigenvalue weighted by atomic mass is 10.3. The molecule has 1 heterocycles. The molecule has 0 aliphatic carbocycles. The molecule has 4 nitrogen and oxygen atoms in total. The van der Waals surface area contributed by atoms with Crippen LogP contribution in [0.25, 0.3) is 0 Å². The Morgan fingerprint density at radius 3 is 3.25 bits per heavy atom. The summed E-state index contributed by atoms with van der Waals surface area (Å²) in [5.41, 5.74) is 0. The van der Waals surface area contributed by atoms with Crippen LogP contribution in [-0.2, 0) is 14.3 Å². The van der Waals surface area contributed by atoms with Crippen LogP contribution in [0.15, 0.2) is 0 Å². The number of ether oxygens (including phenoxy) is 2. The number of hydrogen-bond donors (Lipinski definition) is 0. The van der Waals surface area contributed by atoms with Crippen molar-refractivity contribution in [1.29, 1.82) is 0 Å². The van der Waals surface area contributed by atoms with Gasteiger partial charge in [0.05, 0.1) is 13.2 Å². The molecule has 1 rings (SSSR count). The first-order valence-corrected chi connectivity index (χ1v) is 4.15. The van der Waals surface area contributed by atoms with Crippen LogP contribution in [0.4, 0.5) is 0 Å². The van der Waals surface area contributed by atoms with E-state index in [0.29, 0.717) is 19.8 Å². The smallest absolute Gasteiger partial charge is 0.150 e. The number of aldehydes is 1. The normalized spacial score (nSPS) is 25.6. The zero-order valence-corrected chi connectivity index (χ0v) is 7.36. The Bertz CT molecular complexity index is 140. The third-order valence-electron chi connectivity index (χ3n) is 1.94. The molecule has 0 unspecified atom stereocenters. The SMILES string of the molecule is COCCN1CCO[C@H](C=O)C1. The van der Waals surface area contributed by atoms with Gasteiger partial charge in [0.1, 0.15) is 12.4 Å². The average Bonchev–Trinajstić information content (AvgIpc) is 2.15. The van der Waals surface area contributed by atoms with Gasteiger partial charge in [-0.1, -0.05) is 0 Å². The monoisotopic (exact) mass is 173 g/mol. The molecule has 70 valence electrons. The molecule has 0 aromatic heterocycles. The Morgan fingerprint density at radius 1 is 1.75 bits per heavy atom. The van der Waals surface area contributed by atoms with Crippen LogP contribution in [0.5, 0.6) is 0 Å². The zero-order chi connectivity index (χ0) is 8.81. The maximum absolute atomic E-state index is 10.4. The number of morpholine rings is 1. The Hall–Kier alpha value is -0.450. The van der Waals surface area contributed by atoms with E-state index in [2.05, 4.69) is 4.90 Å². The second-order valence-electron chi connectivity index (χ2n) is 2.84. The van der Waals surface area contributed by atoms with Crippen molar-refractivity contribution >= 4 is 6.29 Å². The van der Waals surface area contributed by atoms with Gasteiger partial charge in [-0.05, 0) is 0 Å². The van der Waals surface area contributed by atoms with Gasteiger partial charge in [-0.15, -0.1) is 0 Å².